The fraction of sp³-hybridized carbons (Fsp3) is 0.733. The predicted molar refractivity (Wildman–Crippen MR) is 84.8 cm³/mol. The monoisotopic (exact) mass is 354 g/mol. The summed E-state index contributed by atoms with van der Waals surface area (Å²) < 4.78 is 3.16. The van der Waals surface area contributed by atoms with Gasteiger partial charge in [0.2, 0.25) is 5.91 Å². The molecule has 2 unspecified atom stereocenters. The van der Waals surface area contributed by atoms with Gasteiger partial charge in [-0.05, 0) is 41.1 Å². The molecule has 2 atom stereocenters. The van der Waals surface area contributed by atoms with Crippen molar-refractivity contribution in [3.05, 3.63) is 15.9 Å². The number of aryl methyl sites for hydroxylation is 2. The maximum absolute atomic E-state index is 11.5. The van der Waals surface area contributed by atoms with E-state index in [-0.39, 0.29) is 5.91 Å². The Kier molecular flexibility index (Phi) is 4.36. The summed E-state index contributed by atoms with van der Waals surface area (Å²) in [7, 11) is 2.02. The van der Waals surface area contributed by atoms with Crippen molar-refractivity contribution in [3.8, 4) is 0 Å². The highest BCUT2D eigenvalue weighted by Gasteiger charge is 2.34. The van der Waals surface area contributed by atoms with Gasteiger partial charge in [0.25, 0.3) is 0 Å². The summed E-state index contributed by atoms with van der Waals surface area (Å²) in [4.78, 5) is 14.0. The zero-order valence-corrected chi connectivity index (χ0v) is 14.3. The molecular weight excluding hydrogens is 332 g/mol. The average Bonchev–Trinajstić information content (AvgIpc) is 2.75. The second-order valence-corrected chi connectivity index (χ2v) is 6.97. The number of carbonyl (C=O) groups excluding carboxylic acids is 1. The molecule has 3 heterocycles. The quantitative estimate of drug-likeness (QED) is 0.900. The van der Waals surface area contributed by atoms with Crippen molar-refractivity contribution in [3.63, 3.8) is 0 Å². The first-order chi connectivity index (χ1) is 10.1. The molecule has 1 aromatic heterocycles. The second kappa shape index (κ2) is 6.08. The summed E-state index contributed by atoms with van der Waals surface area (Å²) in [5.41, 5.74) is 2.39. The summed E-state index contributed by atoms with van der Waals surface area (Å²) >= 11 is 3.70. The number of aromatic nitrogens is 2. The fourth-order valence-electron chi connectivity index (χ4n) is 3.53. The van der Waals surface area contributed by atoms with Gasteiger partial charge in [0, 0.05) is 39.1 Å². The second-order valence-electron chi connectivity index (χ2n) is 6.18. The first kappa shape index (κ1) is 15.0. The van der Waals surface area contributed by atoms with Crippen LogP contribution in [0.15, 0.2) is 4.47 Å². The number of rotatable bonds is 3. The van der Waals surface area contributed by atoms with Crippen LogP contribution in [0.1, 0.15) is 37.6 Å². The van der Waals surface area contributed by atoms with Gasteiger partial charge in [-0.1, -0.05) is 6.92 Å². The van der Waals surface area contributed by atoms with E-state index in [1.165, 1.54) is 5.69 Å². The van der Waals surface area contributed by atoms with Crippen LogP contribution in [0.3, 0.4) is 0 Å². The zero-order valence-electron chi connectivity index (χ0n) is 12.7. The molecule has 0 bridgehead atoms. The number of amides is 1. The maximum Gasteiger partial charge on any atom is 0.220 e. The highest BCUT2D eigenvalue weighted by Crippen LogP contribution is 2.28. The molecule has 2 aliphatic rings. The lowest BCUT2D eigenvalue weighted by Gasteiger charge is -2.41. The topological polar surface area (TPSA) is 50.2 Å². The van der Waals surface area contributed by atoms with E-state index < -0.39 is 0 Å². The number of nitrogens with zero attached hydrogens (tertiary/aromatic N) is 3. The van der Waals surface area contributed by atoms with Crippen LogP contribution >= 0.6 is 15.9 Å². The number of halogens is 1. The number of piperidine rings is 2. The molecule has 0 aromatic carbocycles. The van der Waals surface area contributed by atoms with E-state index in [0.29, 0.717) is 18.4 Å². The van der Waals surface area contributed by atoms with Crippen LogP contribution < -0.4 is 5.32 Å². The van der Waals surface area contributed by atoms with Gasteiger partial charge in [0.1, 0.15) is 0 Å². The van der Waals surface area contributed by atoms with Gasteiger partial charge in [-0.25, -0.2) is 0 Å². The largest absolute Gasteiger partial charge is 0.353 e. The maximum atomic E-state index is 11.5. The SMILES string of the molecule is CCc1nn(C)c(CN2CCC3NC(=O)CCC3C2)c1Br. The van der Waals surface area contributed by atoms with Crippen molar-refractivity contribution in [2.24, 2.45) is 13.0 Å². The molecule has 6 heteroatoms. The van der Waals surface area contributed by atoms with Gasteiger partial charge in [0.05, 0.1) is 15.9 Å². The molecule has 1 amide bonds. The molecule has 116 valence electrons. The van der Waals surface area contributed by atoms with Gasteiger partial charge in [0.15, 0.2) is 0 Å². The highest BCUT2D eigenvalue weighted by molar-refractivity contribution is 9.10. The molecule has 1 N–H and O–H groups in total. The third-order valence-electron chi connectivity index (χ3n) is 4.78. The minimum absolute atomic E-state index is 0.228. The molecule has 2 saturated heterocycles. The smallest absolute Gasteiger partial charge is 0.220 e. The van der Waals surface area contributed by atoms with Crippen LogP contribution in [-0.2, 0) is 24.8 Å². The molecule has 0 radical (unpaired) electrons. The van der Waals surface area contributed by atoms with Gasteiger partial charge in [-0.3, -0.25) is 14.4 Å². The van der Waals surface area contributed by atoms with Gasteiger partial charge >= 0.3 is 0 Å². The normalized spacial score (nSPS) is 26.5. The van der Waals surface area contributed by atoms with Crippen LogP contribution in [0.4, 0.5) is 0 Å². The first-order valence-corrected chi connectivity index (χ1v) is 8.59. The Morgan fingerprint density at radius 1 is 1.43 bits per heavy atom. The van der Waals surface area contributed by atoms with Crippen LogP contribution in [0, 0.1) is 5.92 Å². The molecule has 2 fully saturated rings. The Labute approximate surface area is 134 Å². The molecule has 3 rings (SSSR count). The van der Waals surface area contributed by atoms with E-state index in [0.717, 1.165) is 49.1 Å². The molecule has 5 nitrogen and oxygen atoms in total. The Hall–Kier alpha value is -0.880. The lowest BCUT2D eigenvalue weighted by molar-refractivity contribution is -0.125. The van der Waals surface area contributed by atoms with Crippen molar-refractivity contribution in [2.45, 2.75) is 45.2 Å². The van der Waals surface area contributed by atoms with Crippen LogP contribution in [0.5, 0.6) is 0 Å². The summed E-state index contributed by atoms with van der Waals surface area (Å²) in [5.74, 6) is 0.834. The van der Waals surface area contributed by atoms with Crippen LogP contribution in [0.25, 0.3) is 0 Å². The predicted octanol–water partition coefficient (Wildman–Crippen LogP) is 1.85. The van der Waals surface area contributed by atoms with E-state index in [2.05, 4.69) is 38.2 Å². The number of hydrogen-bond donors (Lipinski definition) is 1. The molecule has 0 saturated carbocycles. The molecule has 1 aromatic rings. The van der Waals surface area contributed by atoms with Crippen molar-refractivity contribution in [2.75, 3.05) is 13.1 Å². The van der Waals surface area contributed by atoms with Crippen LogP contribution in [0.2, 0.25) is 0 Å². The van der Waals surface area contributed by atoms with Crippen molar-refractivity contribution >= 4 is 21.8 Å². The number of likely N-dealkylation sites (tertiary alicyclic amines) is 1. The highest BCUT2D eigenvalue weighted by atomic mass is 79.9. The Morgan fingerprint density at radius 3 is 2.95 bits per heavy atom. The first-order valence-electron chi connectivity index (χ1n) is 7.80. The Bertz CT molecular complexity index is 542. The minimum atomic E-state index is 0.228. The lowest BCUT2D eigenvalue weighted by atomic mass is 9.85. The standard InChI is InChI=1S/C15H23BrN4O/c1-3-11-15(16)13(19(2)18-11)9-20-7-6-12-10(8-20)4-5-14(21)17-12/h10,12H,3-9H2,1-2H3,(H,17,21). The third-order valence-corrected chi connectivity index (χ3v) is 5.70. The summed E-state index contributed by atoms with van der Waals surface area (Å²) in [6, 6.07) is 0.392. The lowest BCUT2D eigenvalue weighted by Crippen LogP contribution is -2.53. The van der Waals surface area contributed by atoms with E-state index in [1.54, 1.807) is 0 Å². The number of hydrogen-bond acceptors (Lipinski definition) is 3. The van der Waals surface area contributed by atoms with Gasteiger partial charge in [-0.2, -0.15) is 5.10 Å². The molecule has 21 heavy (non-hydrogen) atoms. The number of nitrogens with one attached hydrogen (secondary N) is 1. The summed E-state index contributed by atoms with van der Waals surface area (Å²) in [5, 5.41) is 7.72. The van der Waals surface area contributed by atoms with E-state index in [4.69, 9.17) is 0 Å². The van der Waals surface area contributed by atoms with E-state index in [9.17, 15) is 4.79 Å². The average molecular weight is 355 g/mol. The zero-order chi connectivity index (χ0) is 15.0. The van der Waals surface area contributed by atoms with E-state index >= 15 is 0 Å². The number of carbonyl (C=O) groups is 1. The summed E-state index contributed by atoms with van der Waals surface area (Å²) in [6.07, 6.45) is 3.72. The Morgan fingerprint density at radius 2 is 2.24 bits per heavy atom. The molecule has 0 spiro atoms. The van der Waals surface area contributed by atoms with E-state index in [1.807, 2.05) is 11.7 Å². The minimum Gasteiger partial charge on any atom is -0.353 e. The molecule has 2 aliphatic heterocycles. The fourth-order valence-corrected chi connectivity index (χ4v) is 4.27. The third kappa shape index (κ3) is 3.01. The number of fused-ring (bicyclic) bond motifs is 1. The van der Waals surface area contributed by atoms with Crippen molar-refractivity contribution in [1.82, 2.24) is 20.0 Å². The molecule has 0 aliphatic carbocycles. The van der Waals surface area contributed by atoms with Crippen molar-refractivity contribution < 1.29 is 4.79 Å². The van der Waals surface area contributed by atoms with Gasteiger partial charge in [-0.15, -0.1) is 0 Å². The van der Waals surface area contributed by atoms with Crippen molar-refractivity contribution in [1.29, 1.82) is 0 Å². The molecular formula is C15H23BrN4O. The summed E-state index contributed by atoms with van der Waals surface area (Å²) in [6.45, 7) is 5.18. The van der Waals surface area contributed by atoms with Gasteiger partial charge < -0.3 is 5.32 Å². The van der Waals surface area contributed by atoms with Crippen LogP contribution in [-0.4, -0.2) is 39.7 Å². The Balaban J connectivity index is 1.67.